The smallest absolute Gasteiger partial charge is 0.315 e. The number of hydrogen-bond donors (Lipinski definition) is 5. The first-order valence-corrected chi connectivity index (χ1v) is 15.5. The molecule has 3 atom stereocenters. The van der Waals surface area contributed by atoms with Crippen molar-refractivity contribution >= 4 is 23.8 Å². The van der Waals surface area contributed by atoms with E-state index >= 15 is 0 Å². The lowest BCUT2D eigenvalue weighted by Gasteiger charge is -2.26. The zero-order valence-electron chi connectivity index (χ0n) is 25.9. The highest BCUT2D eigenvalue weighted by molar-refractivity contribution is 5.93. The highest BCUT2D eigenvalue weighted by Gasteiger charge is 2.29. The fraction of sp³-hybridized carbons (Fsp3) is 0.742. The van der Waals surface area contributed by atoms with E-state index in [1.54, 1.807) is 6.08 Å². The molecule has 0 aromatic carbocycles. The highest BCUT2D eigenvalue weighted by Crippen LogP contribution is 2.10. The zero-order chi connectivity index (χ0) is 30.5. The van der Waals surface area contributed by atoms with Gasteiger partial charge in [0, 0.05) is 18.7 Å². The molecule has 1 aliphatic heterocycles. The van der Waals surface area contributed by atoms with Crippen LogP contribution in [0, 0.1) is 11.8 Å². The third-order valence-corrected chi connectivity index (χ3v) is 7.00. The highest BCUT2D eigenvalue weighted by atomic mass is 16.5. The quantitative estimate of drug-likeness (QED) is 0.176. The molecule has 41 heavy (non-hydrogen) atoms. The van der Waals surface area contributed by atoms with Crippen molar-refractivity contribution in [2.75, 3.05) is 19.7 Å². The van der Waals surface area contributed by atoms with Crippen LogP contribution in [0.25, 0.3) is 0 Å². The zero-order valence-corrected chi connectivity index (χ0v) is 25.9. The third-order valence-electron chi connectivity index (χ3n) is 7.00. The maximum Gasteiger partial charge on any atom is 0.315 e. The van der Waals surface area contributed by atoms with E-state index in [1.807, 2.05) is 27.7 Å². The minimum absolute atomic E-state index is 0.00836. The van der Waals surface area contributed by atoms with Crippen LogP contribution in [0.2, 0.25) is 0 Å². The first-order valence-electron chi connectivity index (χ1n) is 15.5. The van der Waals surface area contributed by atoms with Crippen LogP contribution in [0.4, 0.5) is 4.79 Å². The number of carbonyl (C=O) groups excluding carboxylic acids is 4. The average molecular weight is 578 g/mol. The van der Waals surface area contributed by atoms with Gasteiger partial charge in [-0.1, -0.05) is 98.5 Å². The van der Waals surface area contributed by atoms with Gasteiger partial charge >= 0.3 is 6.03 Å². The number of ether oxygens (including phenoxy) is 1. The van der Waals surface area contributed by atoms with Crippen molar-refractivity contribution < 1.29 is 23.9 Å². The molecule has 5 N–H and O–H groups in total. The van der Waals surface area contributed by atoms with Crippen LogP contribution in [-0.4, -0.2) is 61.6 Å². The predicted molar refractivity (Wildman–Crippen MR) is 163 cm³/mol. The molecule has 1 heterocycles. The number of nitrogens with one attached hydrogen (secondary N) is 5. The number of rotatable bonds is 16. The minimum Gasteiger partial charge on any atom is -0.500 e. The average Bonchev–Trinajstić information content (AvgIpc) is 2.93. The largest absolute Gasteiger partial charge is 0.500 e. The summed E-state index contributed by atoms with van der Waals surface area (Å²) >= 11 is 0. The molecule has 0 aliphatic carbocycles. The van der Waals surface area contributed by atoms with Crippen LogP contribution < -0.4 is 26.6 Å². The number of unbranched alkanes of at least 4 members (excludes halogenated alkanes) is 9. The van der Waals surface area contributed by atoms with Crippen LogP contribution in [0.15, 0.2) is 24.5 Å². The van der Waals surface area contributed by atoms with E-state index in [4.69, 9.17) is 4.74 Å². The number of urea groups is 1. The van der Waals surface area contributed by atoms with Gasteiger partial charge in [0.2, 0.25) is 17.7 Å². The summed E-state index contributed by atoms with van der Waals surface area (Å²) < 4.78 is 5.38. The Balaban J connectivity index is 2.61. The fourth-order valence-electron chi connectivity index (χ4n) is 4.36. The second kappa shape index (κ2) is 21.7. The van der Waals surface area contributed by atoms with E-state index in [-0.39, 0.29) is 24.3 Å². The summed E-state index contributed by atoms with van der Waals surface area (Å²) in [6.45, 7) is 10.8. The van der Waals surface area contributed by atoms with E-state index in [1.165, 1.54) is 63.4 Å². The van der Waals surface area contributed by atoms with E-state index in [2.05, 4.69) is 33.5 Å². The van der Waals surface area contributed by atoms with Crippen LogP contribution >= 0.6 is 0 Å². The van der Waals surface area contributed by atoms with Crippen molar-refractivity contribution in [3.05, 3.63) is 24.5 Å². The molecule has 0 spiro atoms. The lowest BCUT2D eigenvalue weighted by molar-refractivity contribution is -0.129. The molecule has 10 nitrogen and oxygen atoms in total. The standard InChI is InChI=1S/C31H55N5O5/c1-6-7-8-9-10-11-12-13-14-15-19-33-31(40)36-28(24(4)5)30(39)35-26-18-21-41-22-20-32-27(37)17-16-25(23(2)3)34-29(26)38/h16-18,21,23-26,28H,6-15,19-20,22H2,1-5H3,(H,32,37)(H,34,38)(H,35,39)(H2,33,36,40)/b17-16+,21-18+/t25-,26+,28+/m1/s1. The lowest BCUT2D eigenvalue weighted by atomic mass is 10.0. The molecule has 0 saturated carbocycles. The van der Waals surface area contributed by atoms with Crippen LogP contribution in [-0.2, 0) is 19.1 Å². The maximum atomic E-state index is 13.2. The van der Waals surface area contributed by atoms with Gasteiger partial charge in [0.05, 0.1) is 12.8 Å². The maximum absolute atomic E-state index is 13.2. The van der Waals surface area contributed by atoms with Crippen molar-refractivity contribution in [1.29, 1.82) is 0 Å². The Morgan fingerprint density at radius 2 is 1.59 bits per heavy atom. The van der Waals surface area contributed by atoms with Crippen molar-refractivity contribution in [3.8, 4) is 0 Å². The van der Waals surface area contributed by atoms with E-state index in [0.717, 1.165) is 19.3 Å². The van der Waals surface area contributed by atoms with Gasteiger partial charge in [-0.05, 0) is 24.3 Å². The summed E-state index contributed by atoms with van der Waals surface area (Å²) in [6, 6.07) is -2.69. The summed E-state index contributed by atoms with van der Waals surface area (Å²) in [6.07, 6.45) is 18.0. The van der Waals surface area contributed by atoms with E-state index < -0.39 is 36.0 Å². The molecule has 0 fully saturated rings. The molecular formula is C31H55N5O5. The van der Waals surface area contributed by atoms with E-state index in [0.29, 0.717) is 13.1 Å². The molecule has 5 amide bonds. The Labute approximate surface area is 247 Å². The van der Waals surface area contributed by atoms with Crippen LogP contribution in [0.3, 0.4) is 0 Å². The number of carbonyl (C=O) groups is 4. The molecule has 0 aromatic rings. The van der Waals surface area contributed by atoms with Crippen molar-refractivity contribution in [3.63, 3.8) is 0 Å². The third kappa shape index (κ3) is 16.7. The Bertz CT molecular complexity index is 843. The summed E-state index contributed by atoms with van der Waals surface area (Å²) in [5.41, 5.74) is 0. The molecule has 0 unspecified atom stereocenters. The monoisotopic (exact) mass is 577 g/mol. The fourth-order valence-corrected chi connectivity index (χ4v) is 4.36. The van der Waals surface area contributed by atoms with Crippen molar-refractivity contribution in [1.82, 2.24) is 26.6 Å². The summed E-state index contributed by atoms with van der Waals surface area (Å²) in [7, 11) is 0. The Kier molecular flexibility index (Phi) is 19.0. The molecule has 234 valence electrons. The van der Waals surface area contributed by atoms with Crippen molar-refractivity contribution in [2.24, 2.45) is 11.8 Å². The predicted octanol–water partition coefficient (Wildman–Crippen LogP) is 4.07. The van der Waals surface area contributed by atoms with Gasteiger partial charge in [-0.2, -0.15) is 0 Å². The summed E-state index contributed by atoms with van der Waals surface area (Å²) in [4.78, 5) is 50.8. The lowest BCUT2D eigenvalue weighted by Crippen LogP contribution is -2.57. The second-order valence-corrected chi connectivity index (χ2v) is 11.4. The Hall–Kier alpha value is -3.04. The van der Waals surface area contributed by atoms with Gasteiger partial charge in [0.1, 0.15) is 18.7 Å². The summed E-state index contributed by atoms with van der Waals surface area (Å²) in [5, 5.41) is 13.9. The molecule has 0 radical (unpaired) electrons. The Morgan fingerprint density at radius 1 is 0.951 bits per heavy atom. The summed E-state index contributed by atoms with van der Waals surface area (Å²) in [5.74, 6) is -1.40. The first-order chi connectivity index (χ1) is 19.6. The molecule has 1 rings (SSSR count). The molecule has 0 bridgehead atoms. The normalized spacial score (nSPS) is 20.4. The topological polar surface area (TPSA) is 138 Å². The van der Waals surface area contributed by atoms with Gasteiger partial charge in [-0.3, -0.25) is 14.4 Å². The first kappa shape index (κ1) is 36.0. The van der Waals surface area contributed by atoms with Gasteiger partial charge in [-0.15, -0.1) is 0 Å². The second-order valence-electron chi connectivity index (χ2n) is 11.4. The van der Waals surface area contributed by atoms with Crippen LogP contribution in [0.1, 0.15) is 98.8 Å². The molecule has 10 heteroatoms. The number of hydrogen-bond acceptors (Lipinski definition) is 5. The van der Waals surface area contributed by atoms with Crippen LogP contribution in [0.5, 0.6) is 0 Å². The molecule has 0 aromatic heterocycles. The van der Waals surface area contributed by atoms with Gasteiger partial charge < -0.3 is 31.3 Å². The van der Waals surface area contributed by atoms with Gasteiger partial charge in [-0.25, -0.2) is 4.79 Å². The Morgan fingerprint density at radius 3 is 2.20 bits per heavy atom. The van der Waals surface area contributed by atoms with Gasteiger partial charge in [0.25, 0.3) is 0 Å². The van der Waals surface area contributed by atoms with Gasteiger partial charge in [0.15, 0.2) is 0 Å². The molecular weight excluding hydrogens is 522 g/mol. The van der Waals surface area contributed by atoms with E-state index in [9.17, 15) is 19.2 Å². The van der Waals surface area contributed by atoms with Crippen molar-refractivity contribution in [2.45, 2.75) is 117 Å². The minimum atomic E-state index is -1.03. The molecule has 1 aliphatic rings. The number of amides is 5. The SMILES string of the molecule is CCCCCCCCCCCCNC(=O)N[C@H](C(=O)N[C@H]1/C=C/OCCNC(=O)/C=C/[C@H](C(C)C)NC1=O)C(C)C. The molecule has 0 saturated heterocycles.